The molecule has 14 heavy (non-hydrogen) atoms. The number of nitro groups is 1. The van der Waals surface area contributed by atoms with Gasteiger partial charge in [-0.15, -0.1) is 5.11 Å². The van der Waals surface area contributed by atoms with Gasteiger partial charge in [0.2, 0.25) is 0 Å². The molecule has 0 aromatic heterocycles. The minimum Gasteiger partial charge on any atom is -0.339 e. The summed E-state index contributed by atoms with van der Waals surface area (Å²) in [5.74, 6) is 0. The molecular formula is C7H7N5O2. The van der Waals surface area contributed by atoms with Crippen molar-refractivity contribution in [2.75, 3.05) is 5.12 Å². The molecule has 0 aliphatic heterocycles. The predicted octanol–water partition coefficient (Wildman–Crippen LogP) is 1.66. The summed E-state index contributed by atoms with van der Waals surface area (Å²) in [7, 11) is 0. The molecule has 7 nitrogen and oxygen atoms in total. The summed E-state index contributed by atoms with van der Waals surface area (Å²) in [4.78, 5) is 10.5. The lowest BCUT2D eigenvalue weighted by molar-refractivity contribution is -0.495. The summed E-state index contributed by atoms with van der Waals surface area (Å²) in [6, 6.07) is 8.10. The van der Waals surface area contributed by atoms with Crippen LogP contribution in [0.3, 0.4) is 0 Å². The Morgan fingerprint density at radius 2 is 2.07 bits per heavy atom. The van der Waals surface area contributed by atoms with Gasteiger partial charge in [-0.05, 0) is 12.1 Å². The molecule has 0 atom stereocenters. The highest BCUT2D eigenvalue weighted by Crippen LogP contribution is 2.12. The van der Waals surface area contributed by atoms with Crippen molar-refractivity contribution in [2.45, 2.75) is 0 Å². The van der Waals surface area contributed by atoms with Gasteiger partial charge >= 0.3 is 0 Å². The Labute approximate surface area is 79.3 Å². The van der Waals surface area contributed by atoms with E-state index >= 15 is 0 Å². The number of hydrazine groups is 1. The molecule has 72 valence electrons. The van der Waals surface area contributed by atoms with Crippen LogP contribution in [0.2, 0.25) is 0 Å². The second kappa shape index (κ2) is 4.65. The number of nitrogens with one attached hydrogen (secondary N) is 1. The Hall–Kier alpha value is -2.31. The van der Waals surface area contributed by atoms with Crippen LogP contribution in [0.1, 0.15) is 0 Å². The summed E-state index contributed by atoms with van der Waals surface area (Å²) in [6.45, 7) is 0. The van der Waals surface area contributed by atoms with Gasteiger partial charge in [-0.3, -0.25) is 0 Å². The fourth-order valence-electron chi connectivity index (χ4n) is 0.839. The zero-order chi connectivity index (χ0) is 10.4. The van der Waals surface area contributed by atoms with Crippen LogP contribution >= 0.6 is 0 Å². The number of hydrogen-bond acceptors (Lipinski definition) is 4. The van der Waals surface area contributed by atoms with Crippen LogP contribution in [0.15, 0.2) is 40.5 Å². The van der Waals surface area contributed by atoms with E-state index in [9.17, 15) is 10.1 Å². The first kappa shape index (κ1) is 9.78. The van der Waals surface area contributed by atoms with Gasteiger partial charge in [0.15, 0.2) is 0 Å². The first-order valence-electron chi connectivity index (χ1n) is 3.64. The van der Waals surface area contributed by atoms with Crippen LogP contribution in [0, 0.1) is 15.6 Å². The normalized spacial score (nSPS) is 10.0. The molecule has 0 spiro atoms. The van der Waals surface area contributed by atoms with E-state index in [0.29, 0.717) is 10.8 Å². The zero-order valence-corrected chi connectivity index (χ0v) is 7.07. The van der Waals surface area contributed by atoms with E-state index < -0.39 is 5.03 Å². The van der Waals surface area contributed by atoms with E-state index in [1.165, 1.54) is 12.1 Å². The van der Waals surface area contributed by atoms with Gasteiger partial charge in [-0.25, -0.2) is 5.53 Å². The maximum atomic E-state index is 10.5. The van der Waals surface area contributed by atoms with Gasteiger partial charge in [0.25, 0.3) is 6.34 Å². The van der Waals surface area contributed by atoms with E-state index in [1.54, 1.807) is 18.2 Å². The first-order valence-corrected chi connectivity index (χ1v) is 3.64. The van der Waals surface area contributed by atoms with E-state index in [4.69, 9.17) is 5.53 Å². The minimum absolute atomic E-state index is 0.303. The van der Waals surface area contributed by atoms with Crippen molar-refractivity contribution in [3.05, 3.63) is 40.4 Å². The summed E-state index contributed by atoms with van der Waals surface area (Å²) in [5, 5.41) is 16.5. The molecular weight excluding hydrogens is 186 g/mol. The van der Waals surface area contributed by atoms with Crippen LogP contribution in [-0.2, 0) is 0 Å². The Morgan fingerprint density at radius 3 is 2.57 bits per heavy atom. The Bertz CT molecular complexity index is 350. The molecule has 0 radical (unpaired) electrons. The van der Waals surface area contributed by atoms with Crippen LogP contribution in [0.5, 0.6) is 0 Å². The summed E-state index contributed by atoms with van der Waals surface area (Å²) in [5.41, 5.74) is 6.73. The van der Waals surface area contributed by atoms with Crippen LogP contribution < -0.4 is 5.12 Å². The molecule has 7 heteroatoms. The quantitative estimate of drug-likeness (QED) is 0.259. The molecule has 1 aromatic carbocycles. The number of hydrazone groups is 1. The number of hydrogen-bond donors (Lipinski definition) is 1. The van der Waals surface area contributed by atoms with Crippen LogP contribution in [-0.4, -0.2) is 11.4 Å². The van der Waals surface area contributed by atoms with Crippen molar-refractivity contribution >= 4 is 12.0 Å². The van der Waals surface area contributed by atoms with E-state index in [2.05, 4.69) is 10.2 Å². The lowest BCUT2D eigenvalue weighted by Gasteiger charge is -2.06. The fraction of sp³-hybridized carbons (Fsp3) is 0. The summed E-state index contributed by atoms with van der Waals surface area (Å²) in [6.07, 6.45) is 0.788. The maximum Gasteiger partial charge on any atom is 0.274 e. The van der Waals surface area contributed by atoms with Gasteiger partial charge in [0.05, 0.1) is 10.1 Å². The second-order valence-electron chi connectivity index (χ2n) is 2.22. The average molecular weight is 193 g/mol. The molecule has 0 bridgehead atoms. The Balaban J connectivity index is 2.94. The molecule has 1 aromatic rings. The monoisotopic (exact) mass is 193 g/mol. The van der Waals surface area contributed by atoms with Crippen molar-refractivity contribution < 1.29 is 5.03 Å². The maximum absolute atomic E-state index is 10.5. The van der Waals surface area contributed by atoms with Crippen LogP contribution in [0.25, 0.3) is 0 Å². The van der Waals surface area contributed by atoms with Crippen molar-refractivity contribution in [1.29, 1.82) is 5.53 Å². The predicted molar refractivity (Wildman–Crippen MR) is 49.6 cm³/mol. The molecule has 0 saturated heterocycles. The van der Waals surface area contributed by atoms with E-state index in [0.717, 1.165) is 6.34 Å². The third kappa shape index (κ3) is 2.34. The number of anilines is 1. The third-order valence-corrected chi connectivity index (χ3v) is 1.36. The minimum atomic E-state index is -0.697. The van der Waals surface area contributed by atoms with Crippen molar-refractivity contribution in [3.8, 4) is 0 Å². The lowest BCUT2D eigenvalue weighted by atomic mass is 10.3. The standard InChI is InChI=1S/C7H7N5O2/c8-9-6-10-11(12(13)14)7-4-2-1-3-5-7/h1-6,8H. The topological polar surface area (TPSA) is 95.0 Å². The van der Waals surface area contributed by atoms with Gasteiger partial charge in [0, 0.05) is 5.12 Å². The number of para-hydroxylation sites is 1. The number of benzene rings is 1. The highest BCUT2D eigenvalue weighted by molar-refractivity contribution is 5.56. The largest absolute Gasteiger partial charge is 0.339 e. The smallest absolute Gasteiger partial charge is 0.274 e. The van der Waals surface area contributed by atoms with E-state index in [-0.39, 0.29) is 0 Å². The van der Waals surface area contributed by atoms with Gasteiger partial charge in [-0.2, -0.15) is 0 Å². The molecule has 1 N–H and O–H groups in total. The van der Waals surface area contributed by atoms with Gasteiger partial charge < -0.3 is 10.1 Å². The molecule has 0 aliphatic carbocycles. The third-order valence-electron chi connectivity index (χ3n) is 1.36. The highest BCUT2D eigenvalue weighted by atomic mass is 16.7. The Morgan fingerprint density at radius 1 is 1.43 bits per heavy atom. The van der Waals surface area contributed by atoms with E-state index in [1.807, 2.05) is 0 Å². The number of nitrogens with zero attached hydrogens (tertiary/aromatic N) is 4. The molecule has 0 saturated carbocycles. The van der Waals surface area contributed by atoms with Crippen molar-refractivity contribution in [3.63, 3.8) is 0 Å². The van der Waals surface area contributed by atoms with Gasteiger partial charge in [-0.1, -0.05) is 18.2 Å². The first-order chi connectivity index (χ1) is 6.75. The molecule has 1 rings (SSSR count). The van der Waals surface area contributed by atoms with Crippen molar-refractivity contribution in [1.82, 2.24) is 0 Å². The second-order valence-corrected chi connectivity index (χ2v) is 2.22. The molecule has 0 aliphatic rings. The molecule has 0 amide bonds. The Kier molecular flexibility index (Phi) is 3.25. The van der Waals surface area contributed by atoms with Crippen molar-refractivity contribution in [2.24, 2.45) is 10.2 Å². The summed E-state index contributed by atoms with van der Waals surface area (Å²) < 4.78 is 0. The summed E-state index contributed by atoms with van der Waals surface area (Å²) >= 11 is 0. The molecule has 0 fully saturated rings. The SMILES string of the molecule is N=NC=NN(c1ccccc1)[N+](=O)[O-]. The fourth-order valence-corrected chi connectivity index (χ4v) is 0.839. The molecule has 0 unspecified atom stereocenters. The molecule has 0 heterocycles. The average Bonchev–Trinajstić information content (AvgIpc) is 2.19. The van der Waals surface area contributed by atoms with Gasteiger partial charge in [0.1, 0.15) is 5.69 Å². The highest BCUT2D eigenvalue weighted by Gasteiger charge is 2.13. The number of rotatable bonds is 4. The lowest BCUT2D eigenvalue weighted by Crippen LogP contribution is -2.23. The van der Waals surface area contributed by atoms with Crippen LogP contribution in [0.4, 0.5) is 5.69 Å². The zero-order valence-electron chi connectivity index (χ0n) is 7.07.